The van der Waals surface area contributed by atoms with E-state index in [-0.39, 0.29) is 17.9 Å². The number of aromatic nitrogens is 3. The van der Waals surface area contributed by atoms with Crippen LogP contribution in [0.25, 0.3) is 0 Å². The Kier molecular flexibility index (Phi) is 3.75. The van der Waals surface area contributed by atoms with Gasteiger partial charge in [0.05, 0.1) is 5.69 Å². The number of carbonyl (C=O) groups excluding carboxylic acids is 2. The van der Waals surface area contributed by atoms with Crippen molar-refractivity contribution >= 4 is 17.8 Å². The minimum atomic E-state index is -1.21. The monoisotopic (exact) mass is 241 g/mol. The van der Waals surface area contributed by atoms with Crippen LogP contribution in [-0.4, -0.2) is 37.9 Å². The molecular formula is C8H11N5O4. The Hall–Kier alpha value is -2.45. The summed E-state index contributed by atoms with van der Waals surface area (Å²) in [6.45, 7) is 2.49. The zero-order chi connectivity index (χ0) is 13.0. The number of carboxylic acid groups (broad SMARTS) is 1. The molecule has 2 amide bonds. The molecule has 9 heteroatoms. The smallest absolute Gasteiger partial charge is 0.358 e. The first-order valence-electron chi connectivity index (χ1n) is 4.60. The summed E-state index contributed by atoms with van der Waals surface area (Å²) >= 11 is 0. The van der Waals surface area contributed by atoms with Crippen molar-refractivity contribution in [2.45, 2.75) is 20.4 Å². The van der Waals surface area contributed by atoms with Gasteiger partial charge in [0.1, 0.15) is 6.54 Å². The van der Waals surface area contributed by atoms with Crippen LogP contribution in [0.1, 0.15) is 23.1 Å². The van der Waals surface area contributed by atoms with Crippen LogP contribution in [0.4, 0.5) is 0 Å². The van der Waals surface area contributed by atoms with Crippen molar-refractivity contribution in [1.82, 2.24) is 25.8 Å². The molecule has 0 fully saturated rings. The molecule has 9 nitrogen and oxygen atoms in total. The molecule has 0 bridgehead atoms. The summed E-state index contributed by atoms with van der Waals surface area (Å²) in [5.41, 5.74) is 4.27. The molecule has 0 radical (unpaired) electrons. The molecule has 92 valence electrons. The summed E-state index contributed by atoms with van der Waals surface area (Å²) in [6, 6.07) is 0. The lowest BCUT2D eigenvalue weighted by Gasteiger charge is -2.05. The lowest BCUT2D eigenvalue weighted by atomic mass is 10.3. The van der Waals surface area contributed by atoms with E-state index in [1.165, 1.54) is 13.8 Å². The number of hydrazine groups is 1. The quantitative estimate of drug-likeness (QED) is 0.550. The van der Waals surface area contributed by atoms with Crippen LogP contribution in [0.2, 0.25) is 0 Å². The molecule has 0 aromatic carbocycles. The van der Waals surface area contributed by atoms with Gasteiger partial charge in [0.15, 0.2) is 5.69 Å². The molecule has 1 aromatic heterocycles. The number of nitrogens with one attached hydrogen (secondary N) is 2. The molecule has 0 unspecified atom stereocenters. The van der Waals surface area contributed by atoms with E-state index in [1.807, 2.05) is 0 Å². The van der Waals surface area contributed by atoms with Gasteiger partial charge in [-0.3, -0.25) is 20.4 Å². The maximum atomic E-state index is 11.3. The molecule has 0 aliphatic rings. The first-order chi connectivity index (χ1) is 7.91. The first kappa shape index (κ1) is 12.6. The fourth-order valence-electron chi connectivity index (χ4n) is 1.04. The highest BCUT2D eigenvalue weighted by Crippen LogP contribution is 2.02. The molecule has 17 heavy (non-hydrogen) atoms. The van der Waals surface area contributed by atoms with E-state index in [9.17, 15) is 14.4 Å². The number of amides is 2. The number of aromatic carboxylic acids is 1. The SMILES string of the molecule is CC(=O)NNC(=O)Cn1nnc(C(=O)O)c1C. The zero-order valence-electron chi connectivity index (χ0n) is 9.22. The van der Waals surface area contributed by atoms with Crippen LogP contribution in [0, 0.1) is 6.92 Å². The Morgan fingerprint density at radius 3 is 2.47 bits per heavy atom. The summed E-state index contributed by atoms with van der Waals surface area (Å²) < 4.78 is 1.13. The minimum Gasteiger partial charge on any atom is -0.476 e. The number of hydrogen-bond donors (Lipinski definition) is 3. The van der Waals surface area contributed by atoms with Crippen molar-refractivity contribution in [1.29, 1.82) is 0 Å². The number of carboxylic acids is 1. The standard InChI is InChI=1S/C8H11N5O4/c1-4-7(8(16)17)11-12-13(4)3-6(15)10-9-5(2)14/h3H2,1-2H3,(H,9,14)(H,10,15)(H,16,17). The summed E-state index contributed by atoms with van der Waals surface area (Å²) in [5.74, 6) is -2.17. The summed E-state index contributed by atoms with van der Waals surface area (Å²) in [4.78, 5) is 32.5. The van der Waals surface area contributed by atoms with E-state index in [0.717, 1.165) is 4.68 Å². The largest absolute Gasteiger partial charge is 0.476 e. The second-order valence-corrected chi connectivity index (χ2v) is 3.22. The fourth-order valence-corrected chi connectivity index (χ4v) is 1.04. The van der Waals surface area contributed by atoms with Crippen molar-refractivity contribution in [3.05, 3.63) is 11.4 Å². The van der Waals surface area contributed by atoms with Crippen molar-refractivity contribution in [3.63, 3.8) is 0 Å². The van der Waals surface area contributed by atoms with Gasteiger partial charge in [-0.25, -0.2) is 9.48 Å². The van der Waals surface area contributed by atoms with Gasteiger partial charge in [0.2, 0.25) is 5.91 Å². The number of rotatable bonds is 3. The van der Waals surface area contributed by atoms with Crippen molar-refractivity contribution in [2.75, 3.05) is 0 Å². The van der Waals surface area contributed by atoms with Crippen LogP contribution in [0.15, 0.2) is 0 Å². The van der Waals surface area contributed by atoms with Gasteiger partial charge in [-0.05, 0) is 6.92 Å². The van der Waals surface area contributed by atoms with Crippen LogP contribution in [0.3, 0.4) is 0 Å². The molecule has 3 N–H and O–H groups in total. The van der Waals surface area contributed by atoms with Gasteiger partial charge in [0.25, 0.3) is 5.91 Å². The van der Waals surface area contributed by atoms with Crippen LogP contribution in [-0.2, 0) is 16.1 Å². The number of carbonyl (C=O) groups is 3. The predicted molar refractivity (Wildman–Crippen MR) is 53.7 cm³/mol. The Bertz CT molecular complexity index is 466. The lowest BCUT2D eigenvalue weighted by molar-refractivity contribution is -0.128. The lowest BCUT2D eigenvalue weighted by Crippen LogP contribution is -2.42. The molecule has 1 aromatic rings. The molecule has 1 heterocycles. The summed E-state index contributed by atoms with van der Waals surface area (Å²) in [5, 5.41) is 15.6. The molecule has 0 aliphatic carbocycles. The molecule has 0 atom stereocenters. The van der Waals surface area contributed by atoms with Crippen LogP contribution < -0.4 is 10.9 Å². The van der Waals surface area contributed by atoms with Crippen molar-refractivity contribution < 1.29 is 19.5 Å². The van der Waals surface area contributed by atoms with Gasteiger partial charge in [0, 0.05) is 6.92 Å². The average molecular weight is 241 g/mol. The van der Waals surface area contributed by atoms with Crippen LogP contribution in [0.5, 0.6) is 0 Å². The molecule has 0 spiro atoms. The minimum absolute atomic E-state index is 0.211. The van der Waals surface area contributed by atoms with E-state index in [2.05, 4.69) is 21.2 Å². The maximum Gasteiger partial charge on any atom is 0.358 e. The van der Waals surface area contributed by atoms with E-state index >= 15 is 0 Å². The number of nitrogens with zero attached hydrogens (tertiary/aromatic N) is 3. The maximum absolute atomic E-state index is 11.3. The Labute approximate surface area is 95.8 Å². The van der Waals surface area contributed by atoms with Crippen molar-refractivity contribution in [3.8, 4) is 0 Å². The Balaban J connectivity index is 2.66. The molecule has 1 rings (SSSR count). The Morgan fingerprint density at radius 1 is 1.35 bits per heavy atom. The number of hydrogen-bond acceptors (Lipinski definition) is 5. The zero-order valence-corrected chi connectivity index (χ0v) is 9.22. The predicted octanol–water partition coefficient (Wildman–Crippen LogP) is -1.55. The van der Waals surface area contributed by atoms with Gasteiger partial charge in [-0.15, -0.1) is 5.10 Å². The third-order valence-electron chi connectivity index (χ3n) is 1.86. The second-order valence-electron chi connectivity index (χ2n) is 3.22. The summed E-state index contributed by atoms with van der Waals surface area (Å²) in [7, 11) is 0. The van der Waals surface area contributed by atoms with Gasteiger partial charge in [-0.1, -0.05) is 5.21 Å². The normalized spacial score (nSPS) is 9.76. The van der Waals surface area contributed by atoms with E-state index in [1.54, 1.807) is 0 Å². The van der Waals surface area contributed by atoms with E-state index < -0.39 is 17.8 Å². The fraction of sp³-hybridized carbons (Fsp3) is 0.375. The van der Waals surface area contributed by atoms with Gasteiger partial charge >= 0.3 is 5.97 Å². The third kappa shape index (κ3) is 3.26. The Morgan fingerprint density at radius 2 is 2.00 bits per heavy atom. The highest BCUT2D eigenvalue weighted by molar-refractivity contribution is 5.86. The molecule has 0 saturated carbocycles. The second kappa shape index (κ2) is 5.05. The van der Waals surface area contributed by atoms with Crippen LogP contribution >= 0.6 is 0 Å². The van der Waals surface area contributed by atoms with Gasteiger partial charge in [-0.2, -0.15) is 0 Å². The molecule has 0 saturated heterocycles. The van der Waals surface area contributed by atoms with Gasteiger partial charge < -0.3 is 5.11 Å². The molecular weight excluding hydrogens is 230 g/mol. The first-order valence-corrected chi connectivity index (χ1v) is 4.60. The van der Waals surface area contributed by atoms with E-state index in [0.29, 0.717) is 0 Å². The topological polar surface area (TPSA) is 126 Å². The highest BCUT2D eigenvalue weighted by Gasteiger charge is 2.16. The summed E-state index contributed by atoms with van der Waals surface area (Å²) in [6.07, 6.45) is 0. The third-order valence-corrected chi connectivity index (χ3v) is 1.86. The molecule has 0 aliphatic heterocycles. The average Bonchev–Trinajstić information content (AvgIpc) is 2.58. The van der Waals surface area contributed by atoms with Crippen molar-refractivity contribution in [2.24, 2.45) is 0 Å². The highest BCUT2D eigenvalue weighted by atomic mass is 16.4. The van der Waals surface area contributed by atoms with E-state index in [4.69, 9.17) is 5.11 Å².